The van der Waals surface area contributed by atoms with Gasteiger partial charge in [0.15, 0.2) is 0 Å². The van der Waals surface area contributed by atoms with E-state index in [1.54, 1.807) is 4.90 Å². The van der Waals surface area contributed by atoms with Gasteiger partial charge in [-0.3, -0.25) is 4.79 Å². The minimum Gasteiger partial charge on any atom is -0.352 e. The van der Waals surface area contributed by atoms with Gasteiger partial charge in [0.25, 0.3) is 0 Å². The highest BCUT2D eigenvalue weighted by Gasteiger charge is 2.34. The van der Waals surface area contributed by atoms with Crippen molar-refractivity contribution < 1.29 is 9.59 Å². The van der Waals surface area contributed by atoms with E-state index in [4.69, 9.17) is 0 Å². The third kappa shape index (κ3) is 2.79. The number of para-hydroxylation sites is 1. The molecule has 0 aliphatic carbocycles. The standard InChI is InChI=1S/C20H20N4O2/c1-23-12-10-15-8-5-9-16(17(15)23)22-20(26)24-13-11-21-19(25)18(24)14-6-3-2-4-7-14/h2-10,12,18H,11,13H2,1H3,(H,21,25)(H,22,26). The molecule has 3 aromatic rings. The van der Waals surface area contributed by atoms with Crippen molar-refractivity contribution in [2.75, 3.05) is 18.4 Å². The summed E-state index contributed by atoms with van der Waals surface area (Å²) in [5.74, 6) is -0.158. The second kappa shape index (κ2) is 6.55. The molecule has 1 aliphatic rings. The monoisotopic (exact) mass is 348 g/mol. The molecule has 2 aromatic carbocycles. The Balaban J connectivity index is 1.65. The Bertz CT molecular complexity index is 964. The van der Waals surface area contributed by atoms with Crippen LogP contribution in [0.25, 0.3) is 10.9 Å². The molecule has 2 heterocycles. The van der Waals surface area contributed by atoms with E-state index >= 15 is 0 Å². The molecule has 4 rings (SSSR count). The van der Waals surface area contributed by atoms with E-state index in [1.807, 2.05) is 72.4 Å². The van der Waals surface area contributed by atoms with Crippen LogP contribution < -0.4 is 10.6 Å². The number of fused-ring (bicyclic) bond motifs is 1. The van der Waals surface area contributed by atoms with Gasteiger partial charge in [-0.25, -0.2) is 4.79 Å². The summed E-state index contributed by atoms with van der Waals surface area (Å²) >= 11 is 0. The smallest absolute Gasteiger partial charge is 0.322 e. The molecular formula is C20H20N4O2. The lowest BCUT2D eigenvalue weighted by Gasteiger charge is -2.35. The van der Waals surface area contributed by atoms with Crippen LogP contribution in [0.4, 0.5) is 10.5 Å². The topological polar surface area (TPSA) is 66.4 Å². The molecule has 2 N–H and O–H groups in total. The predicted octanol–water partition coefficient (Wildman–Crippen LogP) is 2.88. The van der Waals surface area contributed by atoms with Gasteiger partial charge in [0, 0.05) is 31.7 Å². The lowest BCUT2D eigenvalue weighted by molar-refractivity contribution is -0.127. The van der Waals surface area contributed by atoms with Crippen LogP contribution in [0.2, 0.25) is 0 Å². The number of amides is 3. The molecule has 3 amide bonds. The van der Waals surface area contributed by atoms with E-state index in [0.29, 0.717) is 13.1 Å². The van der Waals surface area contributed by atoms with E-state index < -0.39 is 6.04 Å². The molecule has 0 bridgehead atoms. The van der Waals surface area contributed by atoms with Crippen LogP contribution in [-0.2, 0) is 11.8 Å². The van der Waals surface area contributed by atoms with E-state index in [-0.39, 0.29) is 11.9 Å². The van der Waals surface area contributed by atoms with E-state index in [1.165, 1.54) is 0 Å². The van der Waals surface area contributed by atoms with Crippen LogP contribution >= 0.6 is 0 Å². The normalized spacial score (nSPS) is 17.2. The Morgan fingerprint density at radius 3 is 2.73 bits per heavy atom. The summed E-state index contributed by atoms with van der Waals surface area (Å²) in [5.41, 5.74) is 2.49. The third-order valence-corrected chi connectivity index (χ3v) is 4.73. The molecule has 0 saturated carbocycles. The number of urea groups is 1. The molecule has 1 atom stereocenters. The SMILES string of the molecule is Cn1ccc2cccc(NC(=O)N3CCNC(=O)C3c3ccccc3)c21. The van der Waals surface area contributed by atoms with Crippen LogP contribution in [0, 0.1) is 0 Å². The molecule has 6 nitrogen and oxygen atoms in total. The maximum absolute atomic E-state index is 13.0. The molecule has 26 heavy (non-hydrogen) atoms. The summed E-state index contributed by atoms with van der Waals surface area (Å²) in [7, 11) is 1.94. The number of hydrogen-bond acceptors (Lipinski definition) is 2. The maximum Gasteiger partial charge on any atom is 0.322 e. The number of carbonyl (C=O) groups is 2. The van der Waals surface area contributed by atoms with Gasteiger partial charge in [0.1, 0.15) is 6.04 Å². The molecule has 132 valence electrons. The van der Waals surface area contributed by atoms with Crippen LogP contribution in [0.5, 0.6) is 0 Å². The minimum absolute atomic E-state index is 0.158. The number of aryl methyl sites for hydroxylation is 1. The van der Waals surface area contributed by atoms with Crippen LogP contribution in [0.3, 0.4) is 0 Å². The first-order valence-corrected chi connectivity index (χ1v) is 8.59. The Hall–Kier alpha value is -3.28. The van der Waals surface area contributed by atoms with Gasteiger partial charge in [0.2, 0.25) is 5.91 Å². The molecule has 1 aliphatic heterocycles. The van der Waals surface area contributed by atoms with Crippen molar-refractivity contribution >= 4 is 28.5 Å². The fourth-order valence-corrected chi connectivity index (χ4v) is 3.50. The summed E-state index contributed by atoms with van der Waals surface area (Å²) in [6.07, 6.45) is 1.96. The van der Waals surface area contributed by atoms with Crippen molar-refractivity contribution in [2.24, 2.45) is 7.05 Å². The number of carbonyl (C=O) groups excluding carboxylic acids is 2. The Labute approximate surface area is 151 Å². The van der Waals surface area contributed by atoms with Crippen LogP contribution in [0.1, 0.15) is 11.6 Å². The number of aromatic nitrogens is 1. The summed E-state index contributed by atoms with van der Waals surface area (Å²) < 4.78 is 1.97. The molecule has 1 aromatic heterocycles. The Kier molecular flexibility index (Phi) is 4.08. The number of nitrogens with one attached hydrogen (secondary N) is 2. The Morgan fingerprint density at radius 1 is 1.12 bits per heavy atom. The number of anilines is 1. The zero-order valence-electron chi connectivity index (χ0n) is 14.5. The highest BCUT2D eigenvalue weighted by molar-refractivity contribution is 6.01. The molecule has 1 unspecified atom stereocenters. The van der Waals surface area contributed by atoms with Gasteiger partial charge in [-0.15, -0.1) is 0 Å². The summed E-state index contributed by atoms with van der Waals surface area (Å²) in [5, 5.41) is 6.89. The van der Waals surface area contributed by atoms with Crippen molar-refractivity contribution in [1.82, 2.24) is 14.8 Å². The van der Waals surface area contributed by atoms with Gasteiger partial charge < -0.3 is 20.1 Å². The molecular weight excluding hydrogens is 328 g/mol. The first-order valence-electron chi connectivity index (χ1n) is 8.59. The zero-order valence-corrected chi connectivity index (χ0v) is 14.5. The van der Waals surface area contributed by atoms with Crippen LogP contribution in [0.15, 0.2) is 60.8 Å². The number of hydrogen-bond donors (Lipinski definition) is 2. The zero-order chi connectivity index (χ0) is 18.1. The van der Waals surface area contributed by atoms with Gasteiger partial charge in [-0.1, -0.05) is 42.5 Å². The first kappa shape index (κ1) is 16.2. The maximum atomic E-state index is 13.0. The number of piperazine rings is 1. The fourth-order valence-electron chi connectivity index (χ4n) is 3.50. The predicted molar refractivity (Wildman–Crippen MR) is 101 cm³/mol. The average Bonchev–Trinajstić information content (AvgIpc) is 3.04. The number of nitrogens with zero attached hydrogens (tertiary/aromatic N) is 2. The first-order chi connectivity index (χ1) is 12.6. The third-order valence-electron chi connectivity index (χ3n) is 4.73. The number of rotatable bonds is 2. The molecule has 6 heteroatoms. The second-order valence-electron chi connectivity index (χ2n) is 6.40. The molecule has 0 spiro atoms. The lowest BCUT2D eigenvalue weighted by Crippen LogP contribution is -2.53. The van der Waals surface area contributed by atoms with Gasteiger partial charge >= 0.3 is 6.03 Å². The van der Waals surface area contributed by atoms with Crippen molar-refractivity contribution in [3.63, 3.8) is 0 Å². The van der Waals surface area contributed by atoms with Gasteiger partial charge in [-0.05, 0) is 17.7 Å². The molecule has 1 saturated heterocycles. The van der Waals surface area contributed by atoms with E-state index in [2.05, 4.69) is 10.6 Å². The van der Waals surface area contributed by atoms with Crippen molar-refractivity contribution in [1.29, 1.82) is 0 Å². The highest BCUT2D eigenvalue weighted by Crippen LogP contribution is 2.27. The summed E-state index contributed by atoms with van der Waals surface area (Å²) in [4.78, 5) is 27.0. The molecule has 1 fully saturated rings. The molecule has 0 radical (unpaired) electrons. The fraction of sp³-hybridized carbons (Fsp3) is 0.200. The van der Waals surface area contributed by atoms with Crippen molar-refractivity contribution in [2.45, 2.75) is 6.04 Å². The highest BCUT2D eigenvalue weighted by atomic mass is 16.2. The van der Waals surface area contributed by atoms with Gasteiger partial charge in [-0.2, -0.15) is 0 Å². The summed E-state index contributed by atoms with van der Waals surface area (Å²) in [6.45, 7) is 0.907. The second-order valence-corrected chi connectivity index (χ2v) is 6.40. The van der Waals surface area contributed by atoms with Crippen LogP contribution in [-0.4, -0.2) is 34.5 Å². The number of benzene rings is 2. The van der Waals surface area contributed by atoms with E-state index in [9.17, 15) is 9.59 Å². The Morgan fingerprint density at radius 2 is 1.92 bits per heavy atom. The quantitative estimate of drug-likeness (QED) is 0.748. The average molecular weight is 348 g/mol. The van der Waals surface area contributed by atoms with E-state index in [0.717, 1.165) is 22.2 Å². The lowest BCUT2D eigenvalue weighted by atomic mass is 10.0. The largest absolute Gasteiger partial charge is 0.352 e. The summed E-state index contributed by atoms with van der Waals surface area (Å²) in [6, 6.07) is 16.3. The van der Waals surface area contributed by atoms with Crippen molar-refractivity contribution in [3.05, 3.63) is 66.4 Å². The van der Waals surface area contributed by atoms with Gasteiger partial charge in [0.05, 0.1) is 11.2 Å². The van der Waals surface area contributed by atoms with Crippen molar-refractivity contribution in [3.8, 4) is 0 Å². The minimum atomic E-state index is -0.627.